The number of carboxylic acid groups (broad SMARTS) is 4. The third-order valence-corrected chi connectivity index (χ3v) is 6.16. The second-order valence-corrected chi connectivity index (χ2v) is 10.4. The molecule has 2 aliphatic rings. The summed E-state index contributed by atoms with van der Waals surface area (Å²) in [5.41, 5.74) is 3.24. The summed E-state index contributed by atoms with van der Waals surface area (Å²) in [7, 11) is 0. The van der Waals surface area contributed by atoms with E-state index in [0.29, 0.717) is 18.8 Å². The van der Waals surface area contributed by atoms with Crippen molar-refractivity contribution in [3.8, 4) is 0 Å². The number of nitrogens with zero attached hydrogens (tertiary/aromatic N) is 4. The van der Waals surface area contributed by atoms with Gasteiger partial charge in [0.15, 0.2) is 0 Å². The van der Waals surface area contributed by atoms with E-state index in [9.17, 15) is 52.7 Å². The lowest BCUT2D eigenvalue weighted by Gasteiger charge is -2.37. The van der Waals surface area contributed by atoms with Crippen molar-refractivity contribution in [2.45, 2.75) is 63.3 Å². The van der Waals surface area contributed by atoms with Gasteiger partial charge in [-0.15, -0.1) is 0 Å². The van der Waals surface area contributed by atoms with E-state index in [1.54, 1.807) is 0 Å². The number of carbonyl (C=O) groups is 4. The predicted octanol–water partition coefficient (Wildman–Crippen LogP) is 4.79. The summed E-state index contributed by atoms with van der Waals surface area (Å²) in [6.07, 6.45) is -17.0. The summed E-state index contributed by atoms with van der Waals surface area (Å²) < 4.78 is 133. The Balaban J connectivity index is 0.000000791. The van der Waals surface area contributed by atoms with Crippen molar-refractivity contribution < 1.29 is 97.0 Å². The highest BCUT2D eigenvalue weighted by molar-refractivity contribution is 5.74. The van der Waals surface area contributed by atoms with Gasteiger partial charge < -0.3 is 25.2 Å². The zero-order valence-electron chi connectivity index (χ0n) is 26.8. The molecular weight excluding hydrogens is 764 g/mol. The SMILES string of the molecule is Cc1cccc(COC2CC3CN(Cc4ccccn4)CCN3C2)n1.O=C(O)C(F)(F)F.O=C(O)C(F)(F)F.O=C(O)C(F)(F)F.O=C(O)C(F)(F)F. The summed E-state index contributed by atoms with van der Waals surface area (Å²) in [6, 6.07) is 12.9. The van der Waals surface area contributed by atoms with Crippen LogP contribution in [0.2, 0.25) is 0 Å². The van der Waals surface area contributed by atoms with Crippen LogP contribution in [0, 0.1) is 6.92 Å². The number of piperazine rings is 1. The smallest absolute Gasteiger partial charge is 0.475 e. The number of hydrogen-bond donors (Lipinski definition) is 4. The Morgan fingerprint density at radius 2 is 1.15 bits per heavy atom. The third kappa shape index (κ3) is 21.4. The number of rotatable bonds is 5. The Bertz CT molecular complexity index is 1360. The van der Waals surface area contributed by atoms with Crippen molar-refractivity contribution in [3.05, 3.63) is 59.7 Å². The maximum absolute atomic E-state index is 10.6. The minimum absolute atomic E-state index is 0.321. The minimum atomic E-state index is -5.08. The zero-order chi connectivity index (χ0) is 41.4. The molecule has 0 radical (unpaired) electrons. The number of ether oxygens (including phenoxy) is 1. The standard InChI is InChI=1S/C20H26N4O.4C2HF3O2/c1-16-5-4-7-18(22-16)15-25-20-11-19-13-23(9-10-24(19)14-20)12-17-6-2-3-8-21-17;4*3-2(4,5)1(6)7/h2-8,19-20H,9-15H2,1H3;4*(H,6,7). The number of hydrogen-bond acceptors (Lipinski definition) is 9. The summed E-state index contributed by atoms with van der Waals surface area (Å²) in [5, 5.41) is 28.5. The van der Waals surface area contributed by atoms with Crippen LogP contribution >= 0.6 is 0 Å². The van der Waals surface area contributed by atoms with Crippen LogP contribution < -0.4 is 0 Å². The summed E-state index contributed by atoms with van der Waals surface area (Å²) in [6.45, 7) is 7.98. The molecule has 0 amide bonds. The van der Waals surface area contributed by atoms with Crippen LogP contribution in [0.1, 0.15) is 23.5 Å². The molecule has 25 heteroatoms. The second kappa shape index (κ2) is 21.1. The van der Waals surface area contributed by atoms with Gasteiger partial charge in [0.05, 0.1) is 24.1 Å². The maximum atomic E-state index is 10.6. The lowest BCUT2D eigenvalue weighted by molar-refractivity contribution is -0.193. The van der Waals surface area contributed by atoms with Gasteiger partial charge in [0.1, 0.15) is 0 Å². The molecule has 2 aliphatic heterocycles. The molecule has 2 saturated heterocycles. The third-order valence-electron chi connectivity index (χ3n) is 6.16. The number of carboxylic acids is 4. The summed E-state index contributed by atoms with van der Waals surface area (Å²) in [4.78, 5) is 49.7. The fourth-order valence-corrected chi connectivity index (χ4v) is 3.93. The number of aromatic nitrogens is 2. The summed E-state index contributed by atoms with van der Waals surface area (Å²) in [5.74, 6) is -11.0. The quantitative estimate of drug-likeness (QED) is 0.303. The average molecular weight is 795 g/mol. The van der Waals surface area contributed by atoms with E-state index in [2.05, 4.69) is 38.0 Å². The van der Waals surface area contributed by atoms with E-state index in [4.69, 9.17) is 44.3 Å². The highest BCUT2D eigenvalue weighted by atomic mass is 19.4. The number of aryl methyl sites for hydroxylation is 1. The maximum Gasteiger partial charge on any atom is 0.490 e. The van der Waals surface area contributed by atoms with Crippen LogP contribution in [0.15, 0.2) is 42.6 Å². The number of alkyl halides is 12. The first-order valence-electron chi connectivity index (χ1n) is 14.1. The molecule has 0 aliphatic carbocycles. The molecule has 2 unspecified atom stereocenters. The molecule has 4 rings (SSSR count). The van der Waals surface area contributed by atoms with Crippen LogP contribution in [0.4, 0.5) is 52.7 Å². The number of aliphatic carboxylic acids is 4. The monoisotopic (exact) mass is 794 g/mol. The fraction of sp³-hybridized carbons (Fsp3) is 0.500. The first-order valence-corrected chi connectivity index (χ1v) is 14.1. The van der Waals surface area contributed by atoms with Crippen LogP contribution in [0.25, 0.3) is 0 Å². The lowest BCUT2D eigenvalue weighted by Crippen LogP contribution is -2.49. The van der Waals surface area contributed by atoms with E-state index < -0.39 is 48.6 Å². The Kier molecular flexibility index (Phi) is 19.2. The van der Waals surface area contributed by atoms with Gasteiger partial charge in [-0.1, -0.05) is 12.1 Å². The molecule has 4 N–H and O–H groups in total. The Morgan fingerprint density at radius 3 is 1.55 bits per heavy atom. The molecule has 2 aromatic heterocycles. The molecule has 4 heterocycles. The van der Waals surface area contributed by atoms with E-state index in [0.717, 1.165) is 56.2 Å². The van der Waals surface area contributed by atoms with E-state index in [1.807, 2.05) is 31.3 Å². The number of fused-ring (bicyclic) bond motifs is 1. The Morgan fingerprint density at radius 1 is 0.698 bits per heavy atom. The van der Waals surface area contributed by atoms with Crippen molar-refractivity contribution in [2.75, 3.05) is 26.2 Å². The van der Waals surface area contributed by atoms with Crippen LogP contribution in [0.3, 0.4) is 0 Å². The van der Waals surface area contributed by atoms with Crippen molar-refractivity contribution >= 4 is 23.9 Å². The second-order valence-electron chi connectivity index (χ2n) is 10.4. The molecule has 2 aromatic rings. The van der Waals surface area contributed by atoms with Gasteiger partial charge in [0, 0.05) is 50.7 Å². The molecule has 0 aromatic carbocycles. The van der Waals surface area contributed by atoms with Gasteiger partial charge in [-0.3, -0.25) is 19.8 Å². The minimum Gasteiger partial charge on any atom is -0.475 e. The Hall–Kier alpha value is -4.78. The molecule has 0 saturated carbocycles. The highest BCUT2D eigenvalue weighted by Crippen LogP contribution is 2.25. The predicted molar refractivity (Wildman–Crippen MR) is 152 cm³/mol. The molecular formula is C28H30F12N4O9. The van der Waals surface area contributed by atoms with Crippen molar-refractivity contribution in [1.82, 2.24) is 19.8 Å². The molecule has 2 atom stereocenters. The molecule has 13 nitrogen and oxygen atoms in total. The van der Waals surface area contributed by atoms with E-state index in [1.165, 1.54) is 0 Å². The van der Waals surface area contributed by atoms with E-state index >= 15 is 0 Å². The first-order chi connectivity index (χ1) is 24.0. The number of halogens is 12. The van der Waals surface area contributed by atoms with Crippen molar-refractivity contribution in [2.24, 2.45) is 0 Å². The average Bonchev–Trinajstić information content (AvgIpc) is 3.42. The van der Waals surface area contributed by atoms with Gasteiger partial charge in [-0.05, 0) is 37.6 Å². The lowest BCUT2D eigenvalue weighted by atomic mass is 10.1. The first kappa shape index (κ1) is 48.2. The topological polar surface area (TPSA) is 191 Å². The zero-order valence-corrected chi connectivity index (χ0v) is 26.8. The van der Waals surface area contributed by atoms with E-state index in [-0.39, 0.29) is 0 Å². The van der Waals surface area contributed by atoms with Crippen LogP contribution in [-0.4, -0.2) is 127 Å². The van der Waals surface area contributed by atoms with Gasteiger partial charge in [-0.2, -0.15) is 52.7 Å². The molecule has 53 heavy (non-hydrogen) atoms. The normalized spacial score (nSPS) is 17.5. The van der Waals surface area contributed by atoms with Gasteiger partial charge in [0.2, 0.25) is 0 Å². The molecule has 0 spiro atoms. The highest BCUT2D eigenvalue weighted by Gasteiger charge is 2.40. The fourth-order valence-electron chi connectivity index (χ4n) is 3.93. The van der Waals surface area contributed by atoms with Gasteiger partial charge in [-0.25, -0.2) is 19.2 Å². The van der Waals surface area contributed by atoms with Gasteiger partial charge >= 0.3 is 48.6 Å². The molecule has 0 bridgehead atoms. The number of pyridine rings is 2. The largest absolute Gasteiger partial charge is 0.490 e. The van der Waals surface area contributed by atoms with Crippen molar-refractivity contribution in [3.63, 3.8) is 0 Å². The van der Waals surface area contributed by atoms with Gasteiger partial charge in [0.25, 0.3) is 0 Å². The Labute approximate surface area is 290 Å². The molecule has 300 valence electrons. The van der Waals surface area contributed by atoms with Crippen molar-refractivity contribution in [1.29, 1.82) is 0 Å². The van der Waals surface area contributed by atoms with Crippen LogP contribution in [0.5, 0.6) is 0 Å². The van der Waals surface area contributed by atoms with Crippen LogP contribution in [-0.2, 0) is 37.1 Å². The summed E-state index contributed by atoms with van der Waals surface area (Å²) >= 11 is 0. The molecule has 2 fully saturated rings.